The van der Waals surface area contributed by atoms with E-state index in [2.05, 4.69) is 5.32 Å². The number of imide groups is 1. The summed E-state index contributed by atoms with van der Waals surface area (Å²) in [5.74, 6) is -0.598. The largest absolute Gasteiger partial charge is 0.333 e. The van der Waals surface area contributed by atoms with Gasteiger partial charge in [0.15, 0.2) is 0 Å². The van der Waals surface area contributed by atoms with Crippen LogP contribution in [0.1, 0.15) is 43.6 Å². The number of amides is 3. The van der Waals surface area contributed by atoms with Crippen LogP contribution in [-0.2, 0) is 6.54 Å². The second-order valence-corrected chi connectivity index (χ2v) is 6.99. The van der Waals surface area contributed by atoms with Crippen LogP contribution in [0.25, 0.3) is 0 Å². The molecule has 28 heavy (non-hydrogen) atoms. The Morgan fingerprint density at radius 3 is 2.39 bits per heavy atom. The summed E-state index contributed by atoms with van der Waals surface area (Å²) >= 11 is 0. The fourth-order valence-corrected chi connectivity index (χ4v) is 3.68. The third-order valence-corrected chi connectivity index (χ3v) is 5.15. The van der Waals surface area contributed by atoms with E-state index in [4.69, 9.17) is 0 Å². The number of hydrogen-bond donors (Lipinski definition) is 1. The van der Waals surface area contributed by atoms with Crippen molar-refractivity contribution >= 4 is 30.1 Å². The fraction of sp³-hybridized carbons (Fsp3) is 0.286. The minimum atomic E-state index is -0.289. The van der Waals surface area contributed by atoms with Gasteiger partial charge in [-0.15, -0.1) is 12.4 Å². The smallest absolute Gasteiger partial charge is 0.261 e. The van der Waals surface area contributed by atoms with Crippen LogP contribution in [0.3, 0.4) is 0 Å². The standard InChI is InChI=1S/C21H21N3O3.ClH/c1-14-12-22-9-10-23(14)19(25)16-6-4-5-15(11-16)13-24-20(26)17-7-2-3-8-18(17)21(24)27;/h2-8,11,14,22H,9-10,12-13H2,1H3;1H. The molecule has 1 fully saturated rings. The van der Waals surface area contributed by atoms with Crippen molar-refractivity contribution in [1.82, 2.24) is 15.1 Å². The van der Waals surface area contributed by atoms with E-state index in [1.807, 2.05) is 17.9 Å². The zero-order valence-electron chi connectivity index (χ0n) is 15.6. The SMILES string of the molecule is CC1CNCCN1C(=O)c1cccc(CN2C(=O)c3ccccc3C2=O)c1.Cl. The lowest BCUT2D eigenvalue weighted by Gasteiger charge is -2.34. The monoisotopic (exact) mass is 399 g/mol. The van der Waals surface area contributed by atoms with Gasteiger partial charge in [0.05, 0.1) is 17.7 Å². The molecule has 1 saturated heterocycles. The predicted molar refractivity (Wildman–Crippen MR) is 108 cm³/mol. The van der Waals surface area contributed by atoms with Crippen LogP contribution in [0.4, 0.5) is 0 Å². The van der Waals surface area contributed by atoms with E-state index in [-0.39, 0.29) is 42.7 Å². The molecule has 2 aromatic rings. The summed E-state index contributed by atoms with van der Waals surface area (Å²) in [4.78, 5) is 41.0. The van der Waals surface area contributed by atoms with Crippen LogP contribution in [-0.4, -0.2) is 53.2 Å². The van der Waals surface area contributed by atoms with Crippen LogP contribution in [0.5, 0.6) is 0 Å². The van der Waals surface area contributed by atoms with E-state index < -0.39 is 0 Å². The van der Waals surface area contributed by atoms with E-state index in [1.165, 1.54) is 4.90 Å². The van der Waals surface area contributed by atoms with Crippen molar-refractivity contribution in [2.75, 3.05) is 19.6 Å². The lowest BCUT2D eigenvalue weighted by molar-refractivity contribution is 0.0640. The molecule has 2 heterocycles. The second kappa shape index (κ2) is 8.12. The maximum Gasteiger partial charge on any atom is 0.261 e. The molecule has 0 bridgehead atoms. The zero-order chi connectivity index (χ0) is 19.0. The summed E-state index contributed by atoms with van der Waals surface area (Å²) in [6, 6.07) is 14.2. The van der Waals surface area contributed by atoms with Gasteiger partial charge in [-0.1, -0.05) is 24.3 Å². The summed E-state index contributed by atoms with van der Waals surface area (Å²) in [7, 11) is 0. The van der Waals surface area contributed by atoms with Gasteiger partial charge in [-0.25, -0.2) is 0 Å². The molecule has 2 aliphatic rings. The van der Waals surface area contributed by atoms with E-state index in [9.17, 15) is 14.4 Å². The molecule has 0 aliphatic carbocycles. The van der Waals surface area contributed by atoms with E-state index >= 15 is 0 Å². The molecule has 3 amide bonds. The summed E-state index contributed by atoms with van der Waals surface area (Å²) in [5, 5.41) is 3.27. The Bertz CT molecular complexity index is 896. The number of nitrogens with one attached hydrogen (secondary N) is 1. The van der Waals surface area contributed by atoms with Crippen molar-refractivity contribution in [3.8, 4) is 0 Å². The Morgan fingerprint density at radius 1 is 1.07 bits per heavy atom. The lowest BCUT2D eigenvalue weighted by atomic mass is 10.1. The van der Waals surface area contributed by atoms with Crippen LogP contribution in [0.15, 0.2) is 48.5 Å². The molecule has 0 saturated carbocycles. The summed E-state index contributed by atoms with van der Waals surface area (Å²) < 4.78 is 0. The third kappa shape index (κ3) is 3.53. The highest BCUT2D eigenvalue weighted by atomic mass is 35.5. The highest BCUT2D eigenvalue weighted by Crippen LogP contribution is 2.24. The number of carbonyl (C=O) groups excluding carboxylic acids is 3. The molecular formula is C21H22ClN3O3. The molecule has 2 aromatic carbocycles. The number of benzene rings is 2. The number of fused-ring (bicyclic) bond motifs is 1. The Kier molecular flexibility index (Phi) is 5.82. The molecule has 2 aliphatic heterocycles. The van der Waals surface area contributed by atoms with Crippen molar-refractivity contribution < 1.29 is 14.4 Å². The Balaban J connectivity index is 0.00000225. The van der Waals surface area contributed by atoms with Crippen molar-refractivity contribution in [3.05, 3.63) is 70.8 Å². The van der Waals surface area contributed by atoms with Gasteiger partial charge in [-0.05, 0) is 36.8 Å². The van der Waals surface area contributed by atoms with Crippen molar-refractivity contribution in [2.45, 2.75) is 19.5 Å². The highest BCUT2D eigenvalue weighted by molar-refractivity contribution is 6.21. The van der Waals surface area contributed by atoms with E-state index in [1.54, 1.807) is 42.5 Å². The maximum atomic E-state index is 12.9. The third-order valence-electron chi connectivity index (χ3n) is 5.15. The number of hydrogen-bond acceptors (Lipinski definition) is 4. The molecule has 6 nitrogen and oxygen atoms in total. The zero-order valence-corrected chi connectivity index (χ0v) is 16.4. The van der Waals surface area contributed by atoms with Gasteiger partial charge in [0.1, 0.15) is 0 Å². The minimum absolute atomic E-state index is 0. The first kappa shape index (κ1) is 20.0. The Hall–Kier alpha value is -2.70. The molecule has 1 atom stereocenters. The predicted octanol–water partition coefficient (Wildman–Crippen LogP) is 2.34. The summed E-state index contributed by atoms with van der Waals surface area (Å²) in [5.41, 5.74) is 2.21. The molecule has 146 valence electrons. The lowest BCUT2D eigenvalue weighted by Crippen LogP contribution is -2.52. The molecule has 0 spiro atoms. The van der Waals surface area contributed by atoms with Crippen molar-refractivity contribution in [1.29, 1.82) is 0 Å². The van der Waals surface area contributed by atoms with E-state index in [0.29, 0.717) is 23.2 Å². The molecule has 1 unspecified atom stereocenters. The Morgan fingerprint density at radius 2 is 1.75 bits per heavy atom. The normalized spacial score (nSPS) is 18.7. The van der Waals surface area contributed by atoms with Crippen LogP contribution < -0.4 is 5.32 Å². The molecule has 1 N–H and O–H groups in total. The molecule has 4 rings (SSSR count). The first-order valence-corrected chi connectivity index (χ1v) is 9.12. The van der Waals surface area contributed by atoms with Crippen molar-refractivity contribution in [2.24, 2.45) is 0 Å². The highest BCUT2D eigenvalue weighted by Gasteiger charge is 2.35. The van der Waals surface area contributed by atoms with Gasteiger partial charge in [-0.2, -0.15) is 0 Å². The molecule has 0 aromatic heterocycles. The fourth-order valence-electron chi connectivity index (χ4n) is 3.68. The van der Waals surface area contributed by atoms with Gasteiger partial charge in [0.2, 0.25) is 0 Å². The average Bonchev–Trinajstić information content (AvgIpc) is 2.93. The van der Waals surface area contributed by atoms with Crippen LogP contribution in [0, 0.1) is 0 Å². The number of carbonyl (C=O) groups is 3. The molecule has 0 radical (unpaired) electrons. The first-order valence-electron chi connectivity index (χ1n) is 9.12. The van der Waals surface area contributed by atoms with Gasteiger partial charge in [0, 0.05) is 31.2 Å². The maximum absolute atomic E-state index is 12.9. The second-order valence-electron chi connectivity index (χ2n) is 6.99. The quantitative estimate of drug-likeness (QED) is 0.804. The average molecular weight is 400 g/mol. The van der Waals surface area contributed by atoms with Gasteiger partial charge in [-0.3, -0.25) is 19.3 Å². The number of rotatable bonds is 3. The molecule has 7 heteroatoms. The number of halogens is 1. The van der Waals surface area contributed by atoms with Gasteiger partial charge in [0.25, 0.3) is 17.7 Å². The van der Waals surface area contributed by atoms with Gasteiger partial charge >= 0.3 is 0 Å². The van der Waals surface area contributed by atoms with Crippen LogP contribution >= 0.6 is 12.4 Å². The topological polar surface area (TPSA) is 69.7 Å². The summed E-state index contributed by atoms with van der Waals surface area (Å²) in [6.07, 6.45) is 0. The van der Waals surface area contributed by atoms with Gasteiger partial charge < -0.3 is 10.2 Å². The Labute approximate surface area is 169 Å². The molecular weight excluding hydrogens is 378 g/mol. The number of piperazine rings is 1. The van der Waals surface area contributed by atoms with Crippen molar-refractivity contribution in [3.63, 3.8) is 0 Å². The first-order chi connectivity index (χ1) is 13.1. The minimum Gasteiger partial charge on any atom is -0.333 e. The van der Waals surface area contributed by atoms with Crippen LogP contribution in [0.2, 0.25) is 0 Å². The van der Waals surface area contributed by atoms with E-state index in [0.717, 1.165) is 18.7 Å². The summed E-state index contributed by atoms with van der Waals surface area (Å²) in [6.45, 7) is 4.41. The number of nitrogens with zero attached hydrogens (tertiary/aromatic N) is 2.